The van der Waals surface area contributed by atoms with Crippen LogP contribution in [0.5, 0.6) is 0 Å². The van der Waals surface area contributed by atoms with Crippen molar-refractivity contribution in [2.45, 2.75) is 26.3 Å². The minimum atomic E-state index is -1.42. The predicted molar refractivity (Wildman–Crippen MR) is 105 cm³/mol. The van der Waals surface area contributed by atoms with Crippen molar-refractivity contribution in [3.8, 4) is 0 Å². The highest BCUT2D eigenvalue weighted by Crippen LogP contribution is 2.31. The summed E-state index contributed by atoms with van der Waals surface area (Å²) in [6.07, 6.45) is 0. The fraction of sp³-hybridized carbons (Fsp3) is 0.238. The van der Waals surface area contributed by atoms with Gasteiger partial charge in [-0.1, -0.05) is 74.5 Å². The van der Waals surface area contributed by atoms with E-state index in [9.17, 15) is 10.0 Å². The van der Waals surface area contributed by atoms with E-state index in [1.165, 1.54) is 21.9 Å². The van der Waals surface area contributed by atoms with Crippen molar-refractivity contribution in [2.24, 2.45) is 0 Å². The number of benzene rings is 3. The van der Waals surface area contributed by atoms with Gasteiger partial charge in [0.1, 0.15) is 0 Å². The van der Waals surface area contributed by atoms with Crippen LogP contribution in [-0.2, 0) is 6.54 Å². The van der Waals surface area contributed by atoms with Gasteiger partial charge in [0.2, 0.25) is 0 Å². The SMILES string of the molecule is CC.OB(O)c1ccc2c(c1)CNC[C@H]2c1ccc2ccccc2c1. The lowest BCUT2D eigenvalue weighted by Gasteiger charge is -2.27. The molecule has 0 saturated heterocycles. The monoisotopic (exact) mass is 333 g/mol. The molecule has 3 aromatic carbocycles. The van der Waals surface area contributed by atoms with E-state index in [2.05, 4.69) is 47.8 Å². The molecule has 0 aliphatic carbocycles. The zero-order chi connectivity index (χ0) is 17.8. The van der Waals surface area contributed by atoms with Crippen LogP contribution in [0.15, 0.2) is 60.7 Å². The molecule has 0 amide bonds. The zero-order valence-corrected chi connectivity index (χ0v) is 14.7. The van der Waals surface area contributed by atoms with E-state index in [1.807, 2.05) is 32.0 Å². The molecule has 0 aromatic heterocycles. The summed E-state index contributed by atoms with van der Waals surface area (Å²) < 4.78 is 0. The second-order valence-corrected chi connectivity index (χ2v) is 6.12. The number of rotatable bonds is 2. The predicted octanol–water partition coefficient (Wildman–Crippen LogP) is 2.78. The molecular weight excluding hydrogens is 309 g/mol. The van der Waals surface area contributed by atoms with Crippen LogP contribution in [0.2, 0.25) is 0 Å². The van der Waals surface area contributed by atoms with Crippen molar-refractivity contribution in [3.63, 3.8) is 0 Å². The largest absolute Gasteiger partial charge is 0.488 e. The summed E-state index contributed by atoms with van der Waals surface area (Å²) in [4.78, 5) is 0. The maximum absolute atomic E-state index is 9.36. The summed E-state index contributed by atoms with van der Waals surface area (Å²) >= 11 is 0. The number of hydrogen-bond donors (Lipinski definition) is 3. The standard InChI is InChI=1S/C19H18BNO2.C2H6/c22-20(23)17-7-8-18-16(10-17)11-21-12-19(18)15-6-5-13-3-1-2-4-14(13)9-15;1-2/h1-10,19,21-23H,11-12H2;1-2H3/t19-;/m0./s1. The summed E-state index contributed by atoms with van der Waals surface area (Å²) in [5.41, 5.74) is 4.24. The second kappa shape index (κ2) is 7.83. The van der Waals surface area contributed by atoms with Crippen LogP contribution in [0.1, 0.15) is 36.5 Å². The number of nitrogens with one attached hydrogen (secondary N) is 1. The van der Waals surface area contributed by atoms with Gasteiger partial charge in [-0.15, -0.1) is 0 Å². The van der Waals surface area contributed by atoms with E-state index in [4.69, 9.17) is 0 Å². The van der Waals surface area contributed by atoms with Crippen LogP contribution in [0.25, 0.3) is 10.8 Å². The molecule has 25 heavy (non-hydrogen) atoms. The Bertz CT molecular complexity index is 863. The van der Waals surface area contributed by atoms with E-state index < -0.39 is 7.12 Å². The third kappa shape index (κ3) is 3.61. The first-order chi connectivity index (χ1) is 12.2. The molecule has 0 spiro atoms. The zero-order valence-electron chi connectivity index (χ0n) is 14.7. The topological polar surface area (TPSA) is 52.5 Å². The van der Waals surface area contributed by atoms with Crippen LogP contribution in [0, 0.1) is 0 Å². The summed E-state index contributed by atoms with van der Waals surface area (Å²) in [6.45, 7) is 5.66. The molecule has 1 heterocycles. The van der Waals surface area contributed by atoms with Crippen LogP contribution in [-0.4, -0.2) is 23.7 Å². The van der Waals surface area contributed by atoms with Gasteiger partial charge in [-0.25, -0.2) is 0 Å². The Morgan fingerprint density at radius 1 is 0.920 bits per heavy atom. The van der Waals surface area contributed by atoms with E-state index >= 15 is 0 Å². The van der Waals surface area contributed by atoms with Crippen molar-refractivity contribution in [3.05, 3.63) is 77.4 Å². The molecule has 0 unspecified atom stereocenters. The summed E-state index contributed by atoms with van der Waals surface area (Å²) in [7, 11) is -1.42. The highest BCUT2D eigenvalue weighted by Gasteiger charge is 2.23. The summed E-state index contributed by atoms with van der Waals surface area (Å²) in [5.74, 6) is 0.285. The molecule has 128 valence electrons. The molecule has 3 N–H and O–H groups in total. The Balaban J connectivity index is 0.000000880. The molecule has 1 atom stereocenters. The van der Waals surface area contributed by atoms with Gasteiger partial charge in [-0.05, 0) is 32.9 Å². The maximum atomic E-state index is 9.36. The Kier molecular flexibility index (Phi) is 5.54. The average molecular weight is 333 g/mol. The van der Waals surface area contributed by atoms with Gasteiger partial charge in [-0.3, -0.25) is 0 Å². The molecule has 0 fully saturated rings. The van der Waals surface area contributed by atoms with Gasteiger partial charge in [0, 0.05) is 19.0 Å². The lowest BCUT2D eigenvalue weighted by atomic mass is 9.76. The Morgan fingerprint density at radius 3 is 2.44 bits per heavy atom. The Labute approximate surface area is 149 Å². The van der Waals surface area contributed by atoms with Crippen molar-refractivity contribution in [2.75, 3.05) is 6.54 Å². The van der Waals surface area contributed by atoms with Crippen molar-refractivity contribution < 1.29 is 10.0 Å². The Hall–Kier alpha value is -2.14. The fourth-order valence-electron chi connectivity index (χ4n) is 3.46. The Morgan fingerprint density at radius 2 is 1.68 bits per heavy atom. The van der Waals surface area contributed by atoms with Gasteiger partial charge < -0.3 is 15.4 Å². The van der Waals surface area contributed by atoms with E-state index in [0.717, 1.165) is 18.7 Å². The summed E-state index contributed by atoms with van der Waals surface area (Å²) in [6, 6.07) is 20.7. The molecular formula is C21H24BNO2. The number of fused-ring (bicyclic) bond motifs is 2. The quantitative estimate of drug-likeness (QED) is 0.632. The smallest absolute Gasteiger partial charge is 0.423 e. The minimum Gasteiger partial charge on any atom is -0.423 e. The molecule has 1 aliphatic rings. The van der Waals surface area contributed by atoms with E-state index in [1.54, 1.807) is 0 Å². The van der Waals surface area contributed by atoms with Crippen molar-refractivity contribution in [1.29, 1.82) is 0 Å². The van der Waals surface area contributed by atoms with Crippen molar-refractivity contribution in [1.82, 2.24) is 5.32 Å². The number of hydrogen-bond acceptors (Lipinski definition) is 3. The van der Waals surface area contributed by atoms with Crippen LogP contribution in [0.4, 0.5) is 0 Å². The summed E-state index contributed by atoms with van der Waals surface area (Å²) in [5, 5.41) is 24.7. The van der Waals surface area contributed by atoms with Gasteiger partial charge >= 0.3 is 7.12 Å². The highest BCUT2D eigenvalue weighted by atomic mass is 16.4. The minimum absolute atomic E-state index is 0.285. The normalized spacial score (nSPS) is 15.9. The van der Waals surface area contributed by atoms with Gasteiger partial charge in [0.05, 0.1) is 0 Å². The van der Waals surface area contributed by atoms with Crippen LogP contribution >= 0.6 is 0 Å². The van der Waals surface area contributed by atoms with Gasteiger partial charge in [0.25, 0.3) is 0 Å². The second-order valence-electron chi connectivity index (χ2n) is 6.12. The third-order valence-corrected chi connectivity index (χ3v) is 4.68. The fourth-order valence-corrected chi connectivity index (χ4v) is 3.46. The highest BCUT2D eigenvalue weighted by molar-refractivity contribution is 6.58. The third-order valence-electron chi connectivity index (χ3n) is 4.68. The average Bonchev–Trinajstić information content (AvgIpc) is 2.68. The maximum Gasteiger partial charge on any atom is 0.488 e. The molecule has 0 saturated carbocycles. The lowest BCUT2D eigenvalue weighted by molar-refractivity contribution is 0.425. The first-order valence-electron chi connectivity index (χ1n) is 8.90. The van der Waals surface area contributed by atoms with Crippen molar-refractivity contribution >= 4 is 23.4 Å². The first kappa shape index (κ1) is 17.7. The van der Waals surface area contributed by atoms with E-state index in [-0.39, 0.29) is 5.92 Å². The molecule has 3 nitrogen and oxygen atoms in total. The molecule has 4 rings (SSSR count). The molecule has 3 aromatic rings. The lowest BCUT2D eigenvalue weighted by Crippen LogP contribution is -2.34. The van der Waals surface area contributed by atoms with Crippen LogP contribution in [0.3, 0.4) is 0 Å². The van der Waals surface area contributed by atoms with E-state index in [0.29, 0.717) is 5.46 Å². The van der Waals surface area contributed by atoms with Crippen LogP contribution < -0.4 is 10.8 Å². The molecule has 0 radical (unpaired) electrons. The molecule has 4 heteroatoms. The molecule has 1 aliphatic heterocycles. The first-order valence-corrected chi connectivity index (χ1v) is 8.90. The molecule has 0 bridgehead atoms. The van der Waals surface area contributed by atoms with Gasteiger partial charge in [0.15, 0.2) is 0 Å². The van der Waals surface area contributed by atoms with Gasteiger partial charge in [-0.2, -0.15) is 0 Å².